The number of methoxy groups -OCH3 is 2. The van der Waals surface area contributed by atoms with Crippen LogP contribution in [-0.4, -0.2) is 205 Å². The number of aliphatic carboxylic acids is 1. The van der Waals surface area contributed by atoms with Crippen LogP contribution in [0.5, 0.6) is 23.0 Å². The van der Waals surface area contributed by atoms with Crippen LogP contribution in [0.25, 0.3) is 44.3 Å². The van der Waals surface area contributed by atoms with Crippen LogP contribution in [0, 0.1) is 67.6 Å². The maximum atomic E-state index is 14.8. The zero-order chi connectivity index (χ0) is 94.7. The summed E-state index contributed by atoms with van der Waals surface area (Å²) in [6.07, 6.45) is 2.58. The number of nitrogens with two attached hydrogens (primary N) is 1. The molecule has 2 radical (unpaired) electrons. The van der Waals surface area contributed by atoms with Gasteiger partial charge in [0.15, 0.2) is 0 Å². The van der Waals surface area contributed by atoms with Crippen LogP contribution in [-0.2, 0) is 71.1 Å². The van der Waals surface area contributed by atoms with Gasteiger partial charge in [-0.2, -0.15) is 0 Å². The number of aryl methyl sites for hydroxylation is 2. The van der Waals surface area contributed by atoms with Gasteiger partial charge < -0.3 is 73.6 Å². The number of nitrogens with zero attached hydrogens (tertiary/aromatic N) is 6. The Morgan fingerprint density at radius 2 is 0.961 bits per heavy atom. The molecule has 6 aliphatic rings. The average Bonchev–Trinajstić information content (AvgIpc) is 1.55. The van der Waals surface area contributed by atoms with Crippen molar-refractivity contribution in [2.75, 3.05) is 27.3 Å². The van der Waals surface area contributed by atoms with E-state index in [-0.39, 0.29) is 76.3 Å². The summed E-state index contributed by atoms with van der Waals surface area (Å²) in [5, 5.41) is 35.2. The zero-order valence-corrected chi connectivity index (χ0v) is 81.3. The van der Waals surface area contributed by atoms with Crippen molar-refractivity contribution >= 4 is 97.9 Å². The van der Waals surface area contributed by atoms with Crippen LogP contribution in [0.3, 0.4) is 0 Å². The number of hydrogen-bond donors (Lipinski definition) is 7. The molecule has 14 rings (SSSR count). The van der Waals surface area contributed by atoms with Crippen molar-refractivity contribution in [2.45, 2.75) is 229 Å². The van der Waals surface area contributed by atoms with Gasteiger partial charge in [-0.25, -0.2) is 46.3 Å². The summed E-state index contributed by atoms with van der Waals surface area (Å²) in [5.74, 6) is -2.20. The van der Waals surface area contributed by atoms with Gasteiger partial charge >= 0.3 is 18.2 Å². The molecule has 2 aliphatic heterocycles. The van der Waals surface area contributed by atoms with Crippen molar-refractivity contribution in [3.8, 4) is 45.5 Å². The molecule has 7 amide bonds. The third kappa shape index (κ3) is 23.3. The predicted molar refractivity (Wildman–Crippen MR) is 479 cm³/mol. The molecule has 4 aromatic carbocycles. The largest absolute Gasteiger partial charge is 0.497 e. The summed E-state index contributed by atoms with van der Waals surface area (Å²) < 4.78 is 101. The molecule has 129 heavy (non-hydrogen) atoms. The molecule has 688 valence electrons. The number of nitrogens with one attached hydrogen (secondary N) is 5. The fourth-order valence-corrected chi connectivity index (χ4v) is 18.6. The van der Waals surface area contributed by atoms with Gasteiger partial charge in [0, 0.05) is 135 Å². The summed E-state index contributed by atoms with van der Waals surface area (Å²) >= 11 is 0. The standard InChI is InChI=1S/C46H56N6O10S.C38H46N4O8.C8H12N2O3S.BH.U/c1-10-29-24-46(29,41(55)51-63(57,58)45(18-19-45)25-30-20-27(2)62-50-30)49-39(53)36-22-32(26-52(36)40(54)38(43(3,4)5)48-42(56)61-44(6,7)8)60-37-23-34(28-14-12-11-13-15-28)47-35-21-31(59-9)16-17-33(35)37;1-9-23-20-38(23,34(45)46)41-32(43)29-18-25(21-42(29)33(44)31(36(2,3)4)40-35(47)50-37(5,6)7)49-30-19-27(22-13-11-10-12-14-22)39-28-17-24(48-8)15-16-26(28)30;1-6-4-7(10-13-6)5-8(2-3-8)14(9,11)12;;/h10-17,20-21,23,29,32,36,38H,1,18-19,22,24-26H2,2-9H3,(H,48,56)(H,49,53)(H,51,55);9-17,19,23,25,29,31H,1,18,20-21H2,2-8H3,(H,40,47)(H,41,43)(H,45,46);4H,2-3,5H2,1H3,(H2,9,11,12);1H;/t29-,32-,36+,38-,46-;23-,25-,29+,31-,38-;;;/m11.../s1/i;;;1D;. The minimum absolute atomic E-state index is 0. The van der Waals surface area contributed by atoms with Crippen molar-refractivity contribution in [2.24, 2.45) is 27.8 Å². The van der Waals surface area contributed by atoms with Gasteiger partial charge in [-0.1, -0.05) is 125 Å². The van der Waals surface area contributed by atoms with Crippen LogP contribution in [0.4, 0.5) is 9.59 Å². The van der Waals surface area contributed by atoms with Crippen molar-refractivity contribution in [3.05, 3.63) is 170 Å². The molecular formula is C92H115BN12O21S2U. The van der Waals surface area contributed by atoms with Gasteiger partial charge in [0.25, 0.3) is 5.91 Å². The third-order valence-electron chi connectivity index (χ3n) is 23.4. The topological polar surface area (TPSA) is 451 Å². The zero-order valence-electron chi connectivity index (χ0n) is 76.5. The summed E-state index contributed by atoms with van der Waals surface area (Å²) in [5.41, 5.74) is -1.16. The number of fused-ring (bicyclic) bond motifs is 2. The molecule has 8 N–H and O–H groups in total. The van der Waals surface area contributed by atoms with Crippen molar-refractivity contribution in [3.63, 3.8) is 0 Å². The second-order valence-corrected chi connectivity index (χ2v) is 41.8. The van der Waals surface area contributed by atoms with E-state index in [1.165, 1.54) is 22.0 Å². The first-order valence-electron chi connectivity index (χ1n) is 42.6. The van der Waals surface area contributed by atoms with Gasteiger partial charge in [0.2, 0.25) is 43.7 Å². The molecule has 37 heteroatoms. The van der Waals surface area contributed by atoms with Crippen LogP contribution in [0.15, 0.2) is 156 Å². The first kappa shape index (κ1) is 98.7. The summed E-state index contributed by atoms with van der Waals surface area (Å²) in [6, 6.07) is 32.5. The summed E-state index contributed by atoms with van der Waals surface area (Å²) in [4.78, 5) is 123. The van der Waals surface area contributed by atoms with E-state index in [4.69, 9.17) is 53.9 Å². The molecule has 0 unspecified atom stereocenters. The smallest absolute Gasteiger partial charge is 0.408 e. The number of likely N-dealkylation sites (tertiary alicyclic amines) is 2. The van der Waals surface area contributed by atoms with Crippen LogP contribution >= 0.6 is 0 Å². The summed E-state index contributed by atoms with van der Waals surface area (Å²) in [7, 11) is -0.823. The second kappa shape index (κ2) is 38.7. The number of primary sulfonamides is 1. The Morgan fingerprint density at radius 1 is 0.581 bits per heavy atom. The minimum atomic E-state index is -4.25. The Hall–Kier alpha value is -10.9. The number of carboxylic acid groups (broad SMARTS) is 1. The number of pyridine rings is 2. The van der Waals surface area contributed by atoms with Gasteiger partial charge in [0.05, 0.1) is 70.6 Å². The maximum Gasteiger partial charge on any atom is 0.408 e. The molecule has 4 saturated carbocycles. The van der Waals surface area contributed by atoms with Crippen molar-refractivity contribution < 1.29 is 129 Å². The van der Waals surface area contributed by atoms with Crippen LogP contribution in [0.1, 0.15) is 157 Å². The number of benzene rings is 4. The number of hydrogen-bond acceptors (Lipinski definition) is 24. The molecule has 6 fully saturated rings. The number of carbonyl (C=O) groups excluding carboxylic acids is 7. The Kier molecular flexibility index (Phi) is 29.6. The number of carbonyl (C=O) groups is 8. The fraction of sp³-hybridized carbons (Fsp3) is 0.478. The quantitative estimate of drug-likeness (QED) is 0.0186. The van der Waals surface area contributed by atoms with Gasteiger partial charge in [-0.05, 0) is 130 Å². The number of amides is 7. The third-order valence-corrected chi connectivity index (χ3v) is 27.3. The molecule has 10 atom stereocenters. The molecule has 33 nitrogen and oxygen atoms in total. The van der Waals surface area contributed by atoms with Crippen LogP contribution < -0.4 is 50.1 Å². The van der Waals surface area contributed by atoms with E-state index in [1.807, 2.05) is 84.9 Å². The maximum absolute atomic E-state index is 14.8. The first-order chi connectivity index (χ1) is 60.4. The summed E-state index contributed by atoms with van der Waals surface area (Å²) in [6.45, 7) is 32.0. The molecule has 8 aromatic rings. The molecule has 2 saturated heterocycles. The average molecular weight is 2040 g/mol. The molecular weight excluding hydrogens is 1920 g/mol. The SMILES string of the molecule is C=C[C@@H]1C[C@]1(NC(=O)[C@@H]1C[C@@H](Oc2cc(-c3ccccc3)nc3cc(OC)ccc23)CN1C(=O)[C@@H](NC(=O)OC(C)(C)C)C(C)(C)C)C(=O)NS(=O)(=O)C1(Cc2cc(C)on2)CC1.C=C[C@@H]1C[C@]1(NC(=O)[C@@H]1C[C@@H](Oc2cc(-c3ccccc3)nc3cc(OC)ccc23)CN1C(=O)[C@@H](NC(=O)OC(C)(C)C)C(C)(C)C)C(=O)O.Cc1cc(CC2(S(N)(=O)=O)CC2)no1.[2H][B].[U]. The van der Waals surface area contributed by atoms with Crippen molar-refractivity contribution in [1.82, 2.24) is 56.1 Å². The minimum Gasteiger partial charge on any atom is -0.497 e. The van der Waals surface area contributed by atoms with Gasteiger partial charge in [-0.3, -0.25) is 28.7 Å². The molecule has 0 bridgehead atoms. The Bertz CT molecular complexity index is 5800. The Labute approximate surface area is 778 Å². The van der Waals surface area contributed by atoms with Gasteiger partial charge in [-0.15, -0.1) is 13.2 Å². The number of carboxylic acids is 1. The molecule has 4 aliphatic carbocycles. The Morgan fingerprint density at radius 3 is 1.29 bits per heavy atom. The first-order valence-corrected chi connectivity index (χ1v) is 45.1. The predicted octanol–water partition coefficient (Wildman–Crippen LogP) is 10.8. The number of ether oxygens (including phenoxy) is 6. The normalized spacial score (nSPS) is 21.6. The number of sulfonamides is 2. The van der Waals surface area contributed by atoms with E-state index in [0.717, 1.165) is 11.1 Å². The van der Waals surface area contributed by atoms with Crippen LogP contribution in [0.2, 0.25) is 0 Å². The number of alkyl carbamates (subject to hydrolysis) is 2. The second-order valence-electron chi connectivity index (χ2n) is 37.7. The Balaban J connectivity index is 0.000000233. The van der Waals surface area contributed by atoms with E-state index >= 15 is 0 Å². The van der Waals surface area contributed by atoms with E-state index < -0.39 is 159 Å². The number of aromatic nitrogens is 4. The van der Waals surface area contributed by atoms with Crippen molar-refractivity contribution in [1.29, 1.82) is 1.34 Å². The molecule has 0 spiro atoms. The van der Waals surface area contributed by atoms with E-state index in [1.54, 1.807) is 148 Å². The fourth-order valence-electron chi connectivity index (χ4n) is 15.9. The van der Waals surface area contributed by atoms with E-state index in [0.29, 0.717) is 111 Å². The van der Waals surface area contributed by atoms with E-state index in [9.17, 15) is 60.3 Å². The van der Waals surface area contributed by atoms with Gasteiger partial charge in [0.1, 0.15) is 93.2 Å². The molecule has 6 heterocycles. The number of rotatable bonds is 27. The van der Waals surface area contributed by atoms with E-state index in [2.05, 4.69) is 57.8 Å². The monoisotopic (exact) mass is 2040 g/mol. The molecule has 4 aromatic heterocycles.